The molecule has 4 rings (SSSR count). The number of hydrogen-bond acceptors (Lipinski definition) is 6. The highest BCUT2D eigenvalue weighted by atomic mass is 32.1. The van der Waals surface area contributed by atoms with Gasteiger partial charge in [0.2, 0.25) is 0 Å². The number of unbranched alkanes of at least 4 members (excludes halogenated alkanes) is 1. The van der Waals surface area contributed by atoms with Gasteiger partial charge in [0.25, 0.3) is 11.7 Å². The van der Waals surface area contributed by atoms with Gasteiger partial charge in [0.15, 0.2) is 0 Å². The first kappa shape index (κ1) is 20.9. The number of ketones is 1. The molecule has 2 aromatic heterocycles. The summed E-state index contributed by atoms with van der Waals surface area (Å²) in [6.45, 7) is 2.79. The van der Waals surface area contributed by atoms with Gasteiger partial charge in [-0.05, 0) is 42.1 Å². The second-order valence-electron chi connectivity index (χ2n) is 7.25. The predicted molar refractivity (Wildman–Crippen MR) is 118 cm³/mol. The fraction of sp³-hybridized carbons (Fsp3) is 0.250. The first-order valence-electron chi connectivity index (χ1n) is 10.2. The molecule has 7 heteroatoms. The number of ether oxygens (including phenoxy) is 1. The molecule has 1 aliphatic rings. The Labute approximate surface area is 184 Å². The van der Waals surface area contributed by atoms with Gasteiger partial charge in [0, 0.05) is 10.4 Å². The van der Waals surface area contributed by atoms with Crippen molar-refractivity contribution in [1.29, 1.82) is 0 Å². The van der Waals surface area contributed by atoms with Crippen LogP contribution in [0.25, 0.3) is 5.76 Å². The van der Waals surface area contributed by atoms with Crippen LogP contribution < -0.4 is 4.74 Å². The summed E-state index contributed by atoms with van der Waals surface area (Å²) in [5, 5.41) is 13.0. The Morgan fingerprint density at radius 3 is 2.77 bits per heavy atom. The number of Topliss-reactive ketones (excluding diaryl/α,β-unsaturated/α-hetero) is 1. The number of aliphatic hydroxyl groups is 1. The summed E-state index contributed by atoms with van der Waals surface area (Å²) >= 11 is 1.43. The number of rotatable bonds is 8. The standard InChI is InChI=1S/C24H23NO5S/c1-2-3-11-29-17-8-4-7-16(14-17)22(26)20-21(19-10-6-13-31-19)25(24(28)23(20)27)15-18-9-5-12-30-18/h4-10,12-14,21,26H,2-3,11,15H2,1H3/b22-20+. The Morgan fingerprint density at radius 2 is 2.06 bits per heavy atom. The van der Waals surface area contributed by atoms with Crippen LogP contribution in [0.5, 0.6) is 5.75 Å². The molecule has 1 amide bonds. The van der Waals surface area contributed by atoms with Crippen LogP contribution in [-0.2, 0) is 16.1 Å². The topological polar surface area (TPSA) is 80.0 Å². The van der Waals surface area contributed by atoms with Gasteiger partial charge in [-0.2, -0.15) is 0 Å². The van der Waals surface area contributed by atoms with E-state index in [1.165, 1.54) is 22.5 Å². The molecule has 3 aromatic rings. The zero-order chi connectivity index (χ0) is 21.8. The molecule has 160 valence electrons. The highest BCUT2D eigenvalue weighted by molar-refractivity contribution is 7.10. The average Bonchev–Trinajstić information content (AvgIpc) is 3.53. The van der Waals surface area contributed by atoms with Crippen molar-refractivity contribution in [2.75, 3.05) is 6.61 Å². The van der Waals surface area contributed by atoms with Crippen LogP contribution in [0.3, 0.4) is 0 Å². The van der Waals surface area contributed by atoms with Gasteiger partial charge >= 0.3 is 0 Å². The number of furan rings is 1. The van der Waals surface area contributed by atoms with Crippen LogP contribution in [0.4, 0.5) is 0 Å². The molecule has 1 aliphatic heterocycles. The highest BCUT2D eigenvalue weighted by Gasteiger charge is 2.46. The Hall–Kier alpha value is -3.32. The van der Waals surface area contributed by atoms with Crippen molar-refractivity contribution in [3.63, 3.8) is 0 Å². The number of amides is 1. The molecule has 0 aliphatic carbocycles. The summed E-state index contributed by atoms with van der Waals surface area (Å²) in [5.41, 5.74) is 0.510. The number of hydrogen-bond donors (Lipinski definition) is 1. The molecule has 6 nitrogen and oxygen atoms in total. The van der Waals surface area contributed by atoms with E-state index in [4.69, 9.17) is 9.15 Å². The molecule has 3 heterocycles. The van der Waals surface area contributed by atoms with Crippen molar-refractivity contribution in [3.05, 3.63) is 81.9 Å². The summed E-state index contributed by atoms with van der Waals surface area (Å²) in [7, 11) is 0. The van der Waals surface area contributed by atoms with Crippen LogP contribution in [-0.4, -0.2) is 28.3 Å². The van der Waals surface area contributed by atoms with E-state index in [1.54, 1.807) is 36.4 Å². The monoisotopic (exact) mass is 437 g/mol. The Morgan fingerprint density at radius 1 is 1.19 bits per heavy atom. The lowest BCUT2D eigenvalue weighted by Gasteiger charge is -2.23. The normalized spacial score (nSPS) is 18.0. The number of nitrogens with zero attached hydrogens (tertiary/aromatic N) is 1. The molecular formula is C24H23NO5S. The predicted octanol–water partition coefficient (Wildman–Crippen LogP) is 5.14. The summed E-state index contributed by atoms with van der Waals surface area (Å²) < 4.78 is 11.1. The lowest BCUT2D eigenvalue weighted by atomic mass is 9.99. The maximum absolute atomic E-state index is 13.0. The van der Waals surface area contributed by atoms with E-state index < -0.39 is 17.7 Å². The first-order chi connectivity index (χ1) is 15.1. The third-order valence-corrected chi connectivity index (χ3v) is 6.06. The average molecular weight is 438 g/mol. The highest BCUT2D eigenvalue weighted by Crippen LogP contribution is 2.42. The van der Waals surface area contributed by atoms with Crippen molar-refractivity contribution in [2.24, 2.45) is 0 Å². The van der Waals surface area contributed by atoms with Crippen molar-refractivity contribution in [1.82, 2.24) is 4.90 Å². The first-order valence-corrected chi connectivity index (χ1v) is 11.1. The molecule has 31 heavy (non-hydrogen) atoms. The molecule has 0 saturated carbocycles. The maximum Gasteiger partial charge on any atom is 0.296 e. The minimum absolute atomic E-state index is 0.0738. The summed E-state index contributed by atoms with van der Waals surface area (Å²) in [6, 6.07) is 13.5. The van der Waals surface area contributed by atoms with E-state index in [1.807, 2.05) is 17.5 Å². The summed E-state index contributed by atoms with van der Waals surface area (Å²) in [5.74, 6) is -0.407. The lowest BCUT2D eigenvalue weighted by Crippen LogP contribution is -2.28. The molecule has 0 radical (unpaired) electrons. The van der Waals surface area contributed by atoms with Crippen molar-refractivity contribution >= 4 is 28.8 Å². The van der Waals surface area contributed by atoms with E-state index in [9.17, 15) is 14.7 Å². The van der Waals surface area contributed by atoms with Crippen molar-refractivity contribution in [3.8, 4) is 5.75 Å². The molecule has 0 spiro atoms. The van der Waals surface area contributed by atoms with Crippen molar-refractivity contribution < 1.29 is 23.8 Å². The van der Waals surface area contributed by atoms with E-state index in [-0.39, 0.29) is 17.9 Å². The minimum Gasteiger partial charge on any atom is -0.507 e. The minimum atomic E-state index is -0.709. The molecule has 1 N–H and O–H groups in total. The molecule has 1 saturated heterocycles. The number of aliphatic hydroxyl groups excluding tert-OH is 1. The van der Waals surface area contributed by atoms with E-state index in [2.05, 4.69) is 6.92 Å². The fourth-order valence-corrected chi connectivity index (χ4v) is 4.42. The third-order valence-electron chi connectivity index (χ3n) is 5.13. The number of carbonyl (C=O) groups is 2. The van der Waals surface area contributed by atoms with Gasteiger partial charge in [-0.1, -0.05) is 31.5 Å². The SMILES string of the molecule is CCCCOc1cccc(/C(O)=C2\C(=O)C(=O)N(Cc3ccco3)C2c2cccs2)c1. The molecule has 1 unspecified atom stereocenters. The van der Waals surface area contributed by atoms with Gasteiger partial charge in [-0.15, -0.1) is 11.3 Å². The van der Waals surface area contributed by atoms with Crippen LogP contribution in [0.1, 0.15) is 42.0 Å². The molecule has 1 aromatic carbocycles. The van der Waals surface area contributed by atoms with Crippen LogP contribution >= 0.6 is 11.3 Å². The Kier molecular flexibility index (Phi) is 6.23. The van der Waals surface area contributed by atoms with E-state index >= 15 is 0 Å². The van der Waals surface area contributed by atoms with Crippen LogP contribution in [0, 0.1) is 0 Å². The smallest absolute Gasteiger partial charge is 0.296 e. The van der Waals surface area contributed by atoms with Crippen molar-refractivity contribution in [2.45, 2.75) is 32.4 Å². The maximum atomic E-state index is 13.0. The largest absolute Gasteiger partial charge is 0.507 e. The van der Waals surface area contributed by atoms with Gasteiger partial charge in [0.1, 0.15) is 23.3 Å². The second kappa shape index (κ2) is 9.22. The molecule has 0 bridgehead atoms. The van der Waals surface area contributed by atoms with E-state index in [0.29, 0.717) is 23.7 Å². The second-order valence-corrected chi connectivity index (χ2v) is 8.23. The number of likely N-dealkylation sites (tertiary alicyclic amines) is 1. The van der Waals surface area contributed by atoms with Gasteiger partial charge in [0.05, 0.1) is 25.0 Å². The van der Waals surface area contributed by atoms with Gasteiger partial charge in [-0.25, -0.2) is 0 Å². The summed E-state index contributed by atoms with van der Waals surface area (Å²) in [6.07, 6.45) is 3.46. The summed E-state index contributed by atoms with van der Waals surface area (Å²) in [4.78, 5) is 28.1. The van der Waals surface area contributed by atoms with Gasteiger partial charge in [-0.3, -0.25) is 9.59 Å². The quantitative estimate of drug-likeness (QED) is 0.228. The Bertz CT molecular complexity index is 1090. The molecule has 1 fully saturated rings. The Balaban J connectivity index is 1.74. The van der Waals surface area contributed by atoms with Gasteiger partial charge < -0.3 is 19.2 Å². The lowest BCUT2D eigenvalue weighted by molar-refractivity contribution is -0.140. The van der Waals surface area contributed by atoms with Crippen LogP contribution in [0.15, 0.2) is 70.2 Å². The zero-order valence-electron chi connectivity index (χ0n) is 17.1. The molecule has 1 atom stereocenters. The molecular weight excluding hydrogens is 414 g/mol. The third kappa shape index (κ3) is 4.27. The fourth-order valence-electron chi connectivity index (χ4n) is 3.58. The number of carbonyl (C=O) groups excluding carboxylic acids is 2. The zero-order valence-corrected chi connectivity index (χ0v) is 17.9. The van der Waals surface area contributed by atoms with E-state index in [0.717, 1.165) is 17.7 Å². The number of benzene rings is 1. The number of thiophene rings is 1. The van der Waals surface area contributed by atoms with Crippen LogP contribution in [0.2, 0.25) is 0 Å².